The van der Waals surface area contributed by atoms with Gasteiger partial charge >= 0.3 is 0 Å². The van der Waals surface area contributed by atoms with Crippen LogP contribution >= 0.6 is 0 Å². The summed E-state index contributed by atoms with van der Waals surface area (Å²) in [4.78, 5) is 2.77. The fourth-order valence-electron chi connectivity index (χ4n) is 3.70. The molecule has 0 radical (unpaired) electrons. The Hall–Kier alpha value is -0.860. The van der Waals surface area contributed by atoms with Crippen LogP contribution in [0, 0.1) is 0 Å². The normalized spacial score (nSPS) is 22.3. The second-order valence-corrected chi connectivity index (χ2v) is 6.48. The lowest BCUT2D eigenvalue weighted by molar-refractivity contribution is 0.0308. The van der Waals surface area contributed by atoms with E-state index in [-0.39, 0.29) is 0 Å². The molecule has 0 aromatic heterocycles. The highest BCUT2D eigenvalue weighted by atomic mass is 15.3. The first-order chi connectivity index (χ1) is 10.2. The van der Waals surface area contributed by atoms with E-state index in [1.807, 2.05) is 0 Å². The summed E-state index contributed by atoms with van der Waals surface area (Å²) < 4.78 is 0. The molecule has 2 nitrogen and oxygen atoms in total. The summed E-state index contributed by atoms with van der Waals surface area (Å²) in [5.41, 5.74) is 1.82. The molecule has 1 atom stereocenters. The number of nitrogens with zero attached hydrogens (tertiary/aromatic N) is 1. The van der Waals surface area contributed by atoms with Crippen molar-refractivity contribution in [3.8, 4) is 0 Å². The molecule has 0 bridgehead atoms. The van der Waals surface area contributed by atoms with E-state index in [2.05, 4.69) is 61.3 Å². The van der Waals surface area contributed by atoms with E-state index in [1.54, 1.807) is 0 Å². The average molecular weight is 288 g/mol. The number of hydrogen-bond donors (Lipinski definition) is 1. The highest BCUT2D eigenvalue weighted by molar-refractivity contribution is 5.15. The van der Waals surface area contributed by atoms with E-state index in [9.17, 15) is 0 Å². The summed E-state index contributed by atoms with van der Waals surface area (Å²) in [5, 5.41) is 3.80. The van der Waals surface area contributed by atoms with Crippen molar-refractivity contribution in [2.75, 3.05) is 19.6 Å². The minimum Gasteiger partial charge on any atom is -0.311 e. The Morgan fingerprint density at radius 2 is 1.86 bits per heavy atom. The third kappa shape index (κ3) is 4.08. The predicted molar refractivity (Wildman–Crippen MR) is 91.7 cm³/mol. The van der Waals surface area contributed by atoms with Crippen molar-refractivity contribution < 1.29 is 0 Å². The highest BCUT2D eigenvalue weighted by Crippen LogP contribution is 2.28. The molecule has 1 saturated heterocycles. The molecule has 2 heteroatoms. The first kappa shape index (κ1) is 16.5. The van der Waals surface area contributed by atoms with Gasteiger partial charge in [0.15, 0.2) is 0 Å². The van der Waals surface area contributed by atoms with Gasteiger partial charge in [-0.3, -0.25) is 4.90 Å². The molecular formula is C19H32N2. The first-order valence-corrected chi connectivity index (χ1v) is 8.76. The Balaban J connectivity index is 2.02. The fraction of sp³-hybridized carbons (Fsp3) is 0.684. The fourth-order valence-corrected chi connectivity index (χ4v) is 3.70. The molecule has 1 aromatic carbocycles. The van der Waals surface area contributed by atoms with Gasteiger partial charge in [-0.15, -0.1) is 0 Å². The molecule has 0 aliphatic carbocycles. The zero-order chi connectivity index (χ0) is 15.1. The van der Waals surface area contributed by atoms with Crippen molar-refractivity contribution >= 4 is 0 Å². The molecule has 118 valence electrons. The maximum atomic E-state index is 3.80. The Morgan fingerprint density at radius 1 is 1.14 bits per heavy atom. The van der Waals surface area contributed by atoms with Crippen LogP contribution in [0.15, 0.2) is 30.3 Å². The van der Waals surface area contributed by atoms with Crippen LogP contribution in [0.4, 0.5) is 0 Å². The lowest BCUT2D eigenvalue weighted by Crippen LogP contribution is -2.64. The molecule has 1 fully saturated rings. The van der Waals surface area contributed by atoms with Crippen LogP contribution in [-0.4, -0.2) is 36.1 Å². The standard InChI is InChI=1S/C19H32N2/c1-4-10-18-15-21(19(5-2,6-3)16-20-18)14-13-17-11-8-7-9-12-17/h7-9,11-12,18,20H,4-6,10,13-16H2,1-3H3. The predicted octanol–water partition coefficient (Wildman–Crippen LogP) is 3.86. The van der Waals surface area contributed by atoms with Crippen molar-refractivity contribution in [1.29, 1.82) is 0 Å². The Morgan fingerprint density at radius 3 is 2.48 bits per heavy atom. The monoisotopic (exact) mass is 288 g/mol. The van der Waals surface area contributed by atoms with Gasteiger partial charge in [0.2, 0.25) is 0 Å². The second-order valence-electron chi connectivity index (χ2n) is 6.48. The second kappa shape index (κ2) is 7.95. The van der Waals surface area contributed by atoms with E-state index in [0.29, 0.717) is 11.6 Å². The Labute approximate surface area is 130 Å². The van der Waals surface area contributed by atoms with Gasteiger partial charge in [0.05, 0.1) is 0 Å². The quantitative estimate of drug-likeness (QED) is 0.819. The van der Waals surface area contributed by atoms with Gasteiger partial charge in [-0.05, 0) is 31.2 Å². The number of rotatable bonds is 7. The van der Waals surface area contributed by atoms with Crippen molar-refractivity contribution in [2.45, 2.75) is 64.5 Å². The van der Waals surface area contributed by atoms with Crippen molar-refractivity contribution in [2.24, 2.45) is 0 Å². The molecule has 21 heavy (non-hydrogen) atoms. The van der Waals surface area contributed by atoms with Crippen molar-refractivity contribution in [1.82, 2.24) is 10.2 Å². The van der Waals surface area contributed by atoms with Gasteiger partial charge in [0, 0.05) is 31.2 Å². The van der Waals surface area contributed by atoms with E-state index in [0.717, 1.165) is 6.54 Å². The maximum absolute atomic E-state index is 3.80. The lowest BCUT2D eigenvalue weighted by atomic mass is 9.86. The molecule has 1 unspecified atom stereocenters. The lowest BCUT2D eigenvalue weighted by Gasteiger charge is -2.50. The molecular weight excluding hydrogens is 256 g/mol. The number of piperazine rings is 1. The summed E-state index contributed by atoms with van der Waals surface area (Å²) in [5.74, 6) is 0. The molecule has 0 amide bonds. The zero-order valence-corrected chi connectivity index (χ0v) is 14.1. The van der Waals surface area contributed by atoms with Crippen LogP contribution in [0.25, 0.3) is 0 Å². The summed E-state index contributed by atoms with van der Waals surface area (Å²) in [6.45, 7) is 10.5. The van der Waals surface area contributed by atoms with Gasteiger partial charge in [-0.1, -0.05) is 57.5 Å². The Kier molecular flexibility index (Phi) is 6.25. The van der Waals surface area contributed by atoms with E-state index >= 15 is 0 Å². The van der Waals surface area contributed by atoms with Crippen LogP contribution in [0.5, 0.6) is 0 Å². The van der Waals surface area contributed by atoms with Crippen molar-refractivity contribution in [3.63, 3.8) is 0 Å². The van der Waals surface area contributed by atoms with Gasteiger partial charge < -0.3 is 5.32 Å². The average Bonchev–Trinajstić information content (AvgIpc) is 2.55. The number of hydrogen-bond acceptors (Lipinski definition) is 2. The van der Waals surface area contributed by atoms with Crippen LogP contribution in [0.1, 0.15) is 52.0 Å². The summed E-state index contributed by atoms with van der Waals surface area (Å²) in [6.07, 6.45) is 6.22. The smallest absolute Gasteiger partial charge is 0.0329 e. The molecule has 0 saturated carbocycles. The molecule has 0 spiro atoms. The largest absolute Gasteiger partial charge is 0.311 e. The molecule has 1 aromatic rings. The van der Waals surface area contributed by atoms with Gasteiger partial charge in [0.1, 0.15) is 0 Å². The molecule has 1 heterocycles. The highest BCUT2D eigenvalue weighted by Gasteiger charge is 2.38. The van der Waals surface area contributed by atoms with Gasteiger partial charge in [-0.25, -0.2) is 0 Å². The topological polar surface area (TPSA) is 15.3 Å². The SMILES string of the molecule is CCCC1CN(CCc2ccccc2)C(CC)(CC)CN1. The van der Waals surface area contributed by atoms with Crippen LogP contribution < -0.4 is 5.32 Å². The van der Waals surface area contributed by atoms with Crippen LogP contribution in [0.2, 0.25) is 0 Å². The van der Waals surface area contributed by atoms with Crippen LogP contribution in [0.3, 0.4) is 0 Å². The van der Waals surface area contributed by atoms with Crippen LogP contribution in [-0.2, 0) is 6.42 Å². The maximum Gasteiger partial charge on any atom is 0.0329 e. The van der Waals surface area contributed by atoms with E-state index < -0.39 is 0 Å². The number of nitrogens with one attached hydrogen (secondary N) is 1. The third-order valence-electron chi connectivity index (χ3n) is 5.30. The zero-order valence-electron chi connectivity index (χ0n) is 14.1. The minimum atomic E-state index is 0.360. The molecule has 1 aliphatic rings. The van der Waals surface area contributed by atoms with E-state index in [1.165, 1.54) is 50.8 Å². The number of benzene rings is 1. The molecule has 2 rings (SSSR count). The summed E-state index contributed by atoms with van der Waals surface area (Å²) >= 11 is 0. The first-order valence-electron chi connectivity index (χ1n) is 8.76. The van der Waals surface area contributed by atoms with Crippen molar-refractivity contribution in [3.05, 3.63) is 35.9 Å². The minimum absolute atomic E-state index is 0.360. The Bertz CT molecular complexity index is 397. The van der Waals surface area contributed by atoms with E-state index in [4.69, 9.17) is 0 Å². The third-order valence-corrected chi connectivity index (χ3v) is 5.30. The van der Waals surface area contributed by atoms with Gasteiger partial charge in [-0.2, -0.15) is 0 Å². The van der Waals surface area contributed by atoms with Gasteiger partial charge in [0.25, 0.3) is 0 Å². The molecule has 1 N–H and O–H groups in total. The summed E-state index contributed by atoms with van der Waals surface area (Å²) in [7, 11) is 0. The summed E-state index contributed by atoms with van der Waals surface area (Å²) in [6, 6.07) is 11.6. The molecule has 1 aliphatic heterocycles.